The Kier molecular flexibility index (Phi) is 5.47. The summed E-state index contributed by atoms with van der Waals surface area (Å²) in [7, 11) is 0. The topological polar surface area (TPSA) is 99.7 Å². The van der Waals surface area contributed by atoms with Crippen LogP contribution in [0.5, 0.6) is 0 Å². The molecule has 0 fully saturated rings. The van der Waals surface area contributed by atoms with Gasteiger partial charge in [0.2, 0.25) is 0 Å². The number of nitrogens with one attached hydrogen (secondary N) is 2. The van der Waals surface area contributed by atoms with Crippen LogP contribution in [0, 0.1) is 10.8 Å². The summed E-state index contributed by atoms with van der Waals surface area (Å²) >= 11 is 10.0. The van der Waals surface area contributed by atoms with E-state index in [4.69, 9.17) is 46.7 Å². The van der Waals surface area contributed by atoms with E-state index in [2.05, 4.69) is 0 Å². The highest BCUT2D eigenvalue weighted by atomic mass is 32.1. The summed E-state index contributed by atoms with van der Waals surface area (Å²) in [5.74, 6) is -0.716. The predicted molar refractivity (Wildman–Crippen MR) is 92.3 cm³/mol. The number of benzene rings is 1. The van der Waals surface area contributed by atoms with Crippen LogP contribution < -0.4 is 11.5 Å². The van der Waals surface area contributed by atoms with E-state index in [1.54, 1.807) is 13.8 Å². The van der Waals surface area contributed by atoms with E-state index < -0.39 is 0 Å². The second-order valence-electron chi connectivity index (χ2n) is 4.70. The molecule has 6 heteroatoms. The third-order valence-corrected chi connectivity index (χ3v) is 3.51. The van der Waals surface area contributed by atoms with Gasteiger partial charge in [0.05, 0.1) is 21.8 Å². The molecule has 2 unspecified atom stereocenters. The third kappa shape index (κ3) is 3.68. The molecule has 1 aromatic rings. The molecular formula is C14H18N4S2. The SMILES string of the molecule is CC(=N)C(C(N)=S)c1ccc(C(C(C)=N)C(N)=S)cc1. The molecule has 4 nitrogen and oxygen atoms in total. The van der Waals surface area contributed by atoms with E-state index in [-0.39, 0.29) is 21.8 Å². The van der Waals surface area contributed by atoms with Crippen molar-refractivity contribution in [3.63, 3.8) is 0 Å². The van der Waals surface area contributed by atoms with Crippen LogP contribution in [0.3, 0.4) is 0 Å². The Morgan fingerprint density at radius 1 is 0.850 bits per heavy atom. The highest BCUT2D eigenvalue weighted by molar-refractivity contribution is 7.80. The Labute approximate surface area is 129 Å². The molecule has 6 N–H and O–H groups in total. The van der Waals surface area contributed by atoms with E-state index >= 15 is 0 Å². The van der Waals surface area contributed by atoms with Crippen molar-refractivity contribution in [2.75, 3.05) is 0 Å². The first-order valence-electron chi connectivity index (χ1n) is 6.04. The minimum atomic E-state index is -0.358. The molecule has 0 spiro atoms. The number of nitrogens with two attached hydrogens (primary N) is 2. The van der Waals surface area contributed by atoms with Crippen LogP contribution in [0.4, 0.5) is 0 Å². The highest BCUT2D eigenvalue weighted by Gasteiger charge is 2.20. The zero-order valence-corrected chi connectivity index (χ0v) is 13.1. The Morgan fingerprint density at radius 2 is 1.10 bits per heavy atom. The summed E-state index contributed by atoms with van der Waals surface area (Å²) in [6.07, 6.45) is 0. The molecule has 2 atom stereocenters. The van der Waals surface area contributed by atoms with Crippen LogP contribution in [-0.2, 0) is 0 Å². The molecule has 0 aromatic heterocycles. The normalized spacial score (nSPS) is 13.3. The van der Waals surface area contributed by atoms with Crippen LogP contribution in [0.1, 0.15) is 36.8 Å². The summed E-state index contributed by atoms with van der Waals surface area (Å²) in [5.41, 5.74) is 13.9. The molecule has 0 heterocycles. The fraction of sp³-hybridized carbons (Fsp3) is 0.286. The molecule has 1 rings (SSSR count). The summed E-state index contributed by atoms with van der Waals surface area (Å²) in [5, 5.41) is 15.5. The van der Waals surface area contributed by atoms with Gasteiger partial charge in [0.15, 0.2) is 0 Å². The zero-order valence-electron chi connectivity index (χ0n) is 11.4. The van der Waals surface area contributed by atoms with Crippen molar-refractivity contribution >= 4 is 45.8 Å². The number of hydrogen-bond acceptors (Lipinski definition) is 4. The first-order chi connectivity index (χ1) is 9.25. The largest absolute Gasteiger partial charge is 0.392 e. The average molecular weight is 306 g/mol. The van der Waals surface area contributed by atoms with Gasteiger partial charge in [-0.25, -0.2) is 0 Å². The van der Waals surface area contributed by atoms with Crippen molar-refractivity contribution in [3.8, 4) is 0 Å². The van der Waals surface area contributed by atoms with Gasteiger partial charge in [0, 0.05) is 11.4 Å². The monoisotopic (exact) mass is 306 g/mol. The lowest BCUT2D eigenvalue weighted by Gasteiger charge is -2.18. The summed E-state index contributed by atoms with van der Waals surface area (Å²) in [6, 6.07) is 7.41. The Hall–Kier alpha value is -1.66. The lowest BCUT2D eigenvalue weighted by atomic mass is 9.90. The maximum Gasteiger partial charge on any atom is 0.0860 e. The van der Waals surface area contributed by atoms with Gasteiger partial charge in [0.25, 0.3) is 0 Å². The van der Waals surface area contributed by atoms with Crippen molar-refractivity contribution in [1.82, 2.24) is 0 Å². The van der Waals surface area contributed by atoms with Crippen LogP contribution in [-0.4, -0.2) is 21.4 Å². The van der Waals surface area contributed by atoms with Crippen LogP contribution in [0.15, 0.2) is 24.3 Å². The average Bonchev–Trinajstić information content (AvgIpc) is 2.29. The van der Waals surface area contributed by atoms with E-state index in [0.29, 0.717) is 11.4 Å². The van der Waals surface area contributed by atoms with Gasteiger partial charge < -0.3 is 22.3 Å². The highest BCUT2D eigenvalue weighted by Crippen LogP contribution is 2.23. The quantitative estimate of drug-likeness (QED) is 0.479. The molecule has 0 bridgehead atoms. The molecule has 0 amide bonds. The van der Waals surface area contributed by atoms with Gasteiger partial charge >= 0.3 is 0 Å². The van der Waals surface area contributed by atoms with E-state index in [0.717, 1.165) is 11.1 Å². The van der Waals surface area contributed by atoms with Crippen LogP contribution in [0.25, 0.3) is 0 Å². The molecule has 0 aliphatic heterocycles. The summed E-state index contributed by atoms with van der Waals surface area (Å²) < 4.78 is 0. The second kappa shape index (κ2) is 6.67. The standard InChI is InChI=1S/C14H18N4S2/c1-7(15)11(13(17)19)9-3-5-10(6-4-9)12(8(2)16)14(18)20/h3-6,11-12,15-16H,1-2H3,(H2,17,19)(H2,18,20). The fourth-order valence-electron chi connectivity index (χ4n) is 2.14. The van der Waals surface area contributed by atoms with Crippen molar-refractivity contribution in [2.24, 2.45) is 11.5 Å². The molecule has 0 radical (unpaired) electrons. The smallest absolute Gasteiger partial charge is 0.0860 e. The molecule has 0 saturated heterocycles. The van der Waals surface area contributed by atoms with Crippen molar-refractivity contribution < 1.29 is 0 Å². The number of hydrogen-bond donors (Lipinski definition) is 4. The molecule has 0 aliphatic rings. The number of rotatable bonds is 6. The van der Waals surface area contributed by atoms with Gasteiger partial charge in [-0.05, 0) is 25.0 Å². The molecule has 0 saturated carbocycles. The van der Waals surface area contributed by atoms with Gasteiger partial charge in [-0.3, -0.25) is 0 Å². The van der Waals surface area contributed by atoms with E-state index in [1.165, 1.54) is 0 Å². The van der Waals surface area contributed by atoms with Crippen LogP contribution >= 0.6 is 24.4 Å². The molecule has 20 heavy (non-hydrogen) atoms. The van der Waals surface area contributed by atoms with Gasteiger partial charge in [0.1, 0.15) is 0 Å². The van der Waals surface area contributed by atoms with Crippen molar-refractivity contribution in [1.29, 1.82) is 10.8 Å². The Balaban J connectivity index is 3.16. The Bertz CT molecular complexity index is 484. The van der Waals surface area contributed by atoms with Gasteiger partial charge in [-0.2, -0.15) is 0 Å². The minimum absolute atomic E-state index is 0.277. The first kappa shape index (κ1) is 16.4. The lowest BCUT2D eigenvalue weighted by molar-refractivity contribution is 1.12. The first-order valence-corrected chi connectivity index (χ1v) is 6.86. The summed E-state index contributed by atoms with van der Waals surface area (Å²) in [6.45, 7) is 3.36. The molecule has 1 aromatic carbocycles. The lowest BCUT2D eigenvalue weighted by Crippen LogP contribution is -2.26. The maximum atomic E-state index is 7.75. The van der Waals surface area contributed by atoms with Crippen molar-refractivity contribution in [3.05, 3.63) is 35.4 Å². The Morgan fingerprint density at radius 3 is 1.25 bits per heavy atom. The number of thiocarbonyl (C=S) groups is 2. The zero-order chi connectivity index (χ0) is 15.4. The van der Waals surface area contributed by atoms with Crippen LogP contribution in [0.2, 0.25) is 0 Å². The van der Waals surface area contributed by atoms with E-state index in [1.807, 2.05) is 24.3 Å². The maximum absolute atomic E-state index is 7.75. The van der Waals surface area contributed by atoms with Crippen molar-refractivity contribution in [2.45, 2.75) is 25.7 Å². The van der Waals surface area contributed by atoms with Gasteiger partial charge in [-0.15, -0.1) is 0 Å². The predicted octanol–water partition coefficient (Wildman–Crippen LogP) is 2.51. The fourth-order valence-corrected chi connectivity index (χ4v) is 2.76. The van der Waals surface area contributed by atoms with E-state index in [9.17, 15) is 0 Å². The molecular weight excluding hydrogens is 288 g/mol. The minimum Gasteiger partial charge on any atom is -0.392 e. The van der Waals surface area contributed by atoms with Gasteiger partial charge in [-0.1, -0.05) is 48.7 Å². The molecule has 0 aliphatic carbocycles. The molecule has 106 valence electrons. The third-order valence-electron chi connectivity index (χ3n) is 3.04. The summed E-state index contributed by atoms with van der Waals surface area (Å²) in [4.78, 5) is 0.554. The second-order valence-corrected chi connectivity index (χ2v) is 5.65.